The molecule has 2 saturated heterocycles. The van der Waals surface area contributed by atoms with Gasteiger partial charge in [-0.05, 0) is 50.9 Å². The largest absolute Gasteiger partial charge is 0.490 e. The predicted octanol–water partition coefficient (Wildman–Crippen LogP) is 1.07. The number of hydrogen-bond acceptors (Lipinski definition) is 6. The fraction of sp³-hybridized carbons (Fsp3) is 0.588. The van der Waals surface area contributed by atoms with Gasteiger partial charge >= 0.3 is 6.09 Å². The maximum atomic E-state index is 12.9. The zero-order valence-corrected chi connectivity index (χ0v) is 15.4. The third-order valence-electron chi connectivity index (χ3n) is 4.72. The number of ether oxygens (including phenoxy) is 2. The molecule has 9 heteroatoms. The van der Waals surface area contributed by atoms with Gasteiger partial charge in [0, 0.05) is 19.2 Å². The molecule has 2 heterocycles. The van der Waals surface area contributed by atoms with Crippen LogP contribution in [0.5, 0.6) is 5.75 Å². The van der Waals surface area contributed by atoms with Crippen molar-refractivity contribution in [2.45, 2.75) is 42.8 Å². The van der Waals surface area contributed by atoms with Gasteiger partial charge in [-0.25, -0.2) is 13.2 Å². The number of amides is 1. The van der Waals surface area contributed by atoms with E-state index in [1.54, 1.807) is 24.3 Å². The minimum atomic E-state index is -3.61. The second kappa shape index (κ2) is 8.24. The van der Waals surface area contributed by atoms with E-state index in [-0.39, 0.29) is 17.1 Å². The van der Waals surface area contributed by atoms with Gasteiger partial charge in [-0.1, -0.05) is 6.07 Å². The van der Waals surface area contributed by atoms with E-state index in [0.717, 1.165) is 25.9 Å². The van der Waals surface area contributed by atoms with Crippen LogP contribution in [0.3, 0.4) is 0 Å². The first kappa shape index (κ1) is 18.9. The minimum absolute atomic E-state index is 0.107. The number of piperidine rings is 2. The molecule has 2 aliphatic rings. The fourth-order valence-corrected chi connectivity index (χ4v) is 4.82. The molecule has 0 bridgehead atoms. The van der Waals surface area contributed by atoms with Crippen molar-refractivity contribution >= 4 is 16.1 Å². The summed E-state index contributed by atoms with van der Waals surface area (Å²) in [6.07, 6.45) is 1.65. The van der Waals surface area contributed by atoms with Crippen LogP contribution in [-0.4, -0.2) is 57.2 Å². The lowest BCUT2D eigenvalue weighted by molar-refractivity contribution is 0.0741. The average molecular weight is 383 g/mol. The second-order valence-electron chi connectivity index (χ2n) is 6.58. The molecular weight excluding hydrogens is 358 g/mol. The van der Waals surface area contributed by atoms with Crippen molar-refractivity contribution in [3.8, 4) is 5.75 Å². The lowest BCUT2D eigenvalue weighted by Crippen LogP contribution is -2.41. The normalized spacial score (nSPS) is 20.6. The van der Waals surface area contributed by atoms with Crippen molar-refractivity contribution in [1.82, 2.24) is 9.62 Å². The molecule has 2 aliphatic heterocycles. The van der Waals surface area contributed by atoms with Crippen molar-refractivity contribution < 1.29 is 22.7 Å². The maximum absolute atomic E-state index is 12.9. The third-order valence-corrected chi connectivity index (χ3v) is 6.61. The summed E-state index contributed by atoms with van der Waals surface area (Å²) in [6.45, 7) is 2.40. The van der Waals surface area contributed by atoms with Crippen molar-refractivity contribution in [1.29, 1.82) is 0 Å². The summed E-state index contributed by atoms with van der Waals surface area (Å²) in [5.41, 5.74) is 5.02. The number of sulfonamides is 1. The molecule has 0 aromatic heterocycles. The molecule has 26 heavy (non-hydrogen) atoms. The first-order valence-corrected chi connectivity index (χ1v) is 10.3. The SMILES string of the molecule is NC(=O)OC1CCN(S(=O)(=O)c2cccc(OC3CCNCC3)c2)CC1. The number of carbonyl (C=O) groups excluding carboxylic acids is 1. The Labute approximate surface area is 153 Å². The van der Waals surface area contributed by atoms with Gasteiger partial charge in [0.05, 0.1) is 4.90 Å². The zero-order chi connectivity index (χ0) is 18.6. The Morgan fingerprint density at radius 3 is 2.46 bits per heavy atom. The number of carbonyl (C=O) groups is 1. The number of nitrogens with one attached hydrogen (secondary N) is 1. The van der Waals surface area contributed by atoms with Crippen molar-refractivity contribution in [2.24, 2.45) is 5.73 Å². The van der Waals surface area contributed by atoms with Gasteiger partial charge in [-0.15, -0.1) is 0 Å². The van der Waals surface area contributed by atoms with Crippen LogP contribution in [-0.2, 0) is 14.8 Å². The molecule has 144 valence electrons. The molecule has 0 radical (unpaired) electrons. The highest BCUT2D eigenvalue weighted by atomic mass is 32.2. The Bertz CT molecular complexity index is 726. The van der Waals surface area contributed by atoms with Gasteiger partial charge in [0.25, 0.3) is 0 Å². The summed E-state index contributed by atoms with van der Waals surface area (Å²) in [5, 5.41) is 3.27. The van der Waals surface area contributed by atoms with Crippen molar-refractivity contribution in [3.63, 3.8) is 0 Å². The molecule has 3 N–H and O–H groups in total. The lowest BCUT2D eigenvalue weighted by Gasteiger charge is -2.30. The van der Waals surface area contributed by atoms with E-state index < -0.39 is 16.1 Å². The number of primary amides is 1. The Morgan fingerprint density at radius 1 is 1.12 bits per heavy atom. The molecule has 8 nitrogen and oxygen atoms in total. The van der Waals surface area contributed by atoms with Crippen molar-refractivity contribution in [3.05, 3.63) is 24.3 Å². The summed E-state index contributed by atoms with van der Waals surface area (Å²) in [5.74, 6) is 0.574. The molecule has 2 fully saturated rings. The number of hydrogen-bond donors (Lipinski definition) is 2. The first-order valence-electron chi connectivity index (χ1n) is 8.89. The lowest BCUT2D eigenvalue weighted by atomic mass is 10.1. The number of rotatable bonds is 5. The Morgan fingerprint density at radius 2 is 1.81 bits per heavy atom. The summed E-state index contributed by atoms with van der Waals surface area (Å²) >= 11 is 0. The average Bonchev–Trinajstić information content (AvgIpc) is 2.63. The van der Waals surface area contributed by atoms with Crippen LogP contribution < -0.4 is 15.8 Å². The van der Waals surface area contributed by atoms with Crippen LogP contribution in [0.25, 0.3) is 0 Å². The van der Waals surface area contributed by atoms with E-state index in [4.69, 9.17) is 15.2 Å². The van der Waals surface area contributed by atoms with Gasteiger partial charge in [-0.2, -0.15) is 4.31 Å². The van der Waals surface area contributed by atoms with Crippen LogP contribution in [0, 0.1) is 0 Å². The minimum Gasteiger partial charge on any atom is -0.490 e. The van der Waals surface area contributed by atoms with Crippen LogP contribution in [0.1, 0.15) is 25.7 Å². The number of nitrogens with zero attached hydrogens (tertiary/aromatic N) is 1. The monoisotopic (exact) mass is 383 g/mol. The fourth-order valence-electron chi connectivity index (χ4n) is 3.32. The summed E-state index contributed by atoms with van der Waals surface area (Å²) in [6, 6.07) is 6.65. The molecule has 1 aromatic rings. The number of benzene rings is 1. The van der Waals surface area contributed by atoms with Crippen LogP contribution in [0.2, 0.25) is 0 Å². The van der Waals surface area contributed by atoms with E-state index in [1.807, 2.05) is 0 Å². The summed E-state index contributed by atoms with van der Waals surface area (Å²) in [4.78, 5) is 11.0. The van der Waals surface area contributed by atoms with Crippen LogP contribution in [0.4, 0.5) is 4.79 Å². The summed E-state index contributed by atoms with van der Waals surface area (Å²) in [7, 11) is -3.61. The maximum Gasteiger partial charge on any atom is 0.404 e. The highest BCUT2D eigenvalue weighted by molar-refractivity contribution is 7.89. The smallest absolute Gasteiger partial charge is 0.404 e. The Kier molecular flexibility index (Phi) is 6.00. The molecule has 3 rings (SSSR count). The second-order valence-corrected chi connectivity index (χ2v) is 8.52. The molecule has 0 aliphatic carbocycles. The molecule has 0 atom stereocenters. The van der Waals surface area contributed by atoms with Crippen LogP contribution in [0.15, 0.2) is 29.2 Å². The van der Waals surface area contributed by atoms with E-state index in [9.17, 15) is 13.2 Å². The Hall–Kier alpha value is -1.84. The molecular formula is C17H25N3O5S. The van der Waals surface area contributed by atoms with E-state index >= 15 is 0 Å². The van der Waals surface area contributed by atoms with Crippen molar-refractivity contribution in [2.75, 3.05) is 26.2 Å². The van der Waals surface area contributed by atoms with E-state index in [2.05, 4.69) is 5.32 Å². The quantitative estimate of drug-likeness (QED) is 0.787. The molecule has 0 unspecified atom stereocenters. The topological polar surface area (TPSA) is 111 Å². The molecule has 1 aromatic carbocycles. The van der Waals surface area contributed by atoms with Gasteiger partial charge in [0.15, 0.2) is 0 Å². The van der Waals surface area contributed by atoms with Gasteiger partial charge < -0.3 is 20.5 Å². The Balaban J connectivity index is 1.65. The van der Waals surface area contributed by atoms with Gasteiger partial charge in [0.1, 0.15) is 18.0 Å². The standard InChI is InChI=1S/C17H25N3O5S/c18-17(21)25-14-6-10-20(11-7-14)26(22,23)16-3-1-2-15(12-16)24-13-4-8-19-9-5-13/h1-3,12-14,19H,4-11H2,(H2,18,21). The zero-order valence-electron chi connectivity index (χ0n) is 14.6. The molecule has 0 spiro atoms. The van der Waals surface area contributed by atoms with Gasteiger partial charge in [-0.3, -0.25) is 0 Å². The summed E-state index contributed by atoms with van der Waals surface area (Å²) < 4.78 is 38.1. The predicted molar refractivity (Wildman–Crippen MR) is 95.4 cm³/mol. The molecule has 0 saturated carbocycles. The van der Waals surface area contributed by atoms with Gasteiger partial charge in [0.2, 0.25) is 10.0 Å². The highest BCUT2D eigenvalue weighted by Gasteiger charge is 2.31. The molecule has 1 amide bonds. The third kappa shape index (κ3) is 4.66. The van der Waals surface area contributed by atoms with E-state index in [1.165, 1.54) is 4.31 Å². The van der Waals surface area contributed by atoms with Crippen LogP contribution >= 0.6 is 0 Å². The number of nitrogens with two attached hydrogens (primary N) is 1. The first-order chi connectivity index (χ1) is 12.4. The van der Waals surface area contributed by atoms with E-state index in [0.29, 0.717) is 31.7 Å². The highest BCUT2D eigenvalue weighted by Crippen LogP contribution is 2.26.